The van der Waals surface area contributed by atoms with Gasteiger partial charge in [-0.3, -0.25) is 0 Å². The lowest BCUT2D eigenvalue weighted by molar-refractivity contribution is 0.597. The van der Waals surface area contributed by atoms with Gasteiger partial charge in [0.25, 0.3) is 0 Å². The van der Waals surface area contributed by atoms with E-state index >= 15 is 0 Å². The van der Waals surface area contributed by atoms with Gasteiger partial charge in [0, 0.05) is 10.5 Å². The lowest BCUT2D eigenvalue weighted by Crippen LogP contribution is -2.10. The highest BCUT2D eigenvalue weighted by Gasteiger charge is 2.24. The second kappa shape index (κ2) is 3.81. The average Bonchev–Trinajstić information content (AvgIpc) is 2.89. The summed E-state index contributed by atoms with van der Waals surface area (Å²) in [7, 11) is 0. The van der Waals surface area contributed by atoms with Crippen molar-refractivity contribution < 1.29 is 0 Å². The Hall–Kier alpha value is -0.340. The van der Waals surface area contributed by atoms with E-state index < -0.39 is 0 Å². The molecule has 0 spiro atoms. The highest BCUT2D eigenvalue weighted by atomic mass is 79.9. The molecule has 0 amide bonds. The van der Waals surface area contributed by atoms with Crippen molar-refractivity contribution in [3.05, 3.63) is 34.3 Å². The summed E-state index contributed by atoms with van der Waals surface area (Å²) >= 11 is 3.42. The standard InChI is InChI=1S/C11H14BrN/c12-10-5-3-9(4-6-10)11(13)7-8-1-2-8/h3-6,8,11H,1-2,7,13H2/t11-/m1/s1. The maximum atomic E-state index is 6.07. The Kier molecular flexibility index (Phi) is 2.70. The van der Waals surface area contributed by atoms with Crippen molar-refractivity contribution in [3.63, 3.8) is 0 Å². The molecule has 2 heteroatoms. The zero-order valence-electron chi connectivity index (χ0n) is 7.54. The zero-order chi connectivity index (χ0) is 9.26. The minimum absolute atomic E-state index is 0.237. The number of halogens is 1. The maximum absolute atomic E-state index is 6.07. The monoisotopic (exact) mass is 239 g/mol. The molecule has 1 aromatic carbocycles. The molecule has 1 nitrogen and oxygen atoms in total. The van der Waals surface area contributed by atoms with E-state index in [0.29, 0.717) is 0 Å². The number of hydrogen-bond donors (Lipinski definition) is 1. The molecule has 2 N–H and O–H groups in total. The largest absolute Gasteiger partial charge is 0.324 e. The van der Waals surface area contributed by atoms with Gasteiger partial charge in [0.05, 0.1) is 0 Å². The van der Waals surface area contributed by atoms with Crippen molar-refractivity contribution in [2.24, 2.45) is 11.7 Å². The molecular formula is C11H14BrN. The van der Waals surface area contributed by atoms with Gasteiger partial charge in [0.15, 0.2) is 0 Å². The normalized spacial score (nSPS) is 18.6. The second-order valence-corrected chi connectivity index (χ2v) is 4.75. The highest BCUT2D eigenvalue weighted by Crippen LogP contribution is 2.36. The quantitative estimate of drug-likeness (QED) is 0.862. The van der Waals surface area contributed by atoms with Gasteiger partial charge in [-0.2, -0.15) is 0 Å². The summed E-state index contributed by atoms with van der Waals surface area (Å²) in [5.41, 5.74) is 7.33. The van der Waals surface area contributed by atoms with Crippen LogP contribution in [0.3, 0.4) is 0 Å². The Bertz CT molecular complexity index is 277. The third kappa shape index (κ3) is 2.55. The van der Waals surface area contributed by atoms with Crippen molar-refractivity contribution in [1.29, 1.82) is 0 Å². The van der Waals surface area contributed by atoms with E-state index in [-0.39, 0.29) is 6.04 Å². The molecule has 1 aliphatic rings. The smallest absolute Gasteiger partial charge is 0.0297 e. The first-order valence-electron chi connectivity index (χ1n) is 4.77. The van der Waals surface area contributed by atoms with Crippen LogP contribution >= 0.6 is 15.9 Å². The maximum Gasteiger partial charge on any atom is 0.0297 e. The summed E-state index contributed by atoms with van der Waals surface area (Å²) in [5, 5.41) is 0. The third-order valence-electron chi connectivity index (χ3n) is 2.58. The Labute approximate surface area is 87.5 Å². The molecule has 0 unspecified atom stereocenters. The Morgan fingerprint density at radius 2 is 1.92 bits per heavy atom. The average molecular weight is 240 g/mol. The molecular weight excluding hydrogens is 226 g/mol. The van der Waals surface area contributed by atoms with E-state index in [1.165, 1.54) is 18.4 Å². The van der Waals surface area contributed by atoms with Gasteiger partial charge in [-0.05, 0) is 30.0 Å². The van der Waals surface area contributed by atoms with E-state index in [0.717, 1.165) is 16.8 Å². The topological polar surface area (TPSA) is 26.0 Å². The van der Waals surface area contributed by atoms with Gasteiger partial charge in [0.2, 0.25) is 0 Å². The molecule has 1 atom stereocenters. The van der Waals surface area contributed by atoms with Gasteiger partial charge in [0.1, 0.15) is 0 Å². The molecule has 1 saturated carbocycles. The van der Waals surface area contributed by atoms with Gasteiger partial charge in [-0.1, -0.05) is 40.9 Å². The molecule has 0 aromatic heterocycles. The first-order valence-corrected chi connectivity index (χ1v) is 5.56. The zero-order valence-corrected chi connectivity index (χ0v) is 9.13. The number of rotatable bonds is 3. The first-order chi connectivity index (χ1) is 6.25. The summed E-state index contributed by atoms with van der Waals surface area (Å²) in [5.74, 6) is 0.902. The van der Waals surface area contributed by atoms with E-state index in [9.17, 15) is 0 Å². The highest BCUT2D eigenvalue weighted by molar-refractivity contribution is 9.10. The van der Waals surface area contributed by atoms with Crippen LogP contribution in [0, 0.1) is 5.92 Å². The summed E-state index contributed by atoms with van der Waals surface area (Å²) < 4.78 is 1.12. The molecule has 0 bridgehead atoms. The predicted octanol–water partition coefficient (Wildman–Crippen LogP) is 3.25. The van der Waals surface area contributed by atoms with Crippen molar-refractivity contribution in [2.75, 3.05) is 0 Å². The summed E-state index contributed by atoms with van der Waals surface area (Å²) in [6.45, 7) is 0. The van der Waals surface area contributed by atoms with Gasteiger partial charge in [-0.25, -0.2) is 0 Å². The van der Waals surface area contributed by atoms with Gasteiger partial charge < -0.3 is 5.73 Å². The van der Waals surface area contributed by atoms with Gasteiger partial charge >= 0.3 is 0 Å². The van der Waals surface area contributed by atoms with Crippen molar-refractivity contribution in [1.82, 2.24) is 0 Å². The molecule has 1 fully saturated rings. The van der Waals surface area contributed by atoms with E-state index in [2.05, 4.69) is 40.2 Å². The van der Waals surface area contributed by atoms with Crippen LogP contribution in [0.2, 0.25) is 0 Å². The summed E-state index contributed by atoms with van der Waals surface area (Å²) in [6.07, 6.45) is 3.91. The number of hydrogen-bond acceptors (Lipinski definition) is 1. The van der Waals surface area contributed by atoms with Crippen LogP contribution in [0.1, 0.15) is 30.9 Å². The lowest BCUT2D eigenvalue weighted by atomic mass is 10.0. The van der Waals surface area contributed by atoms with Crippen molar-refractivity contribution in [3.8, 4) is 0 Å². The molecule has 1 aromatic rings. The third-order valence-corrected chi connectivity index (χ3v) is 3.11. The van der Waals surface area contributed by atoms with Crippen molar-refractivity contribution >= 4 is 15.9 Å². The Balaban J connectivity index is 2.01. The Morgan fingerprint density at radius 3 is 2.46 bits per heavy atom. The molecule has 0 heterocycles. The fourth-order valence-corrected chi connectivity index (χ4v) is 1.82. The number of benzene rings is 1. The summed E-state index contributed by atoms with van der Waals surface area (Å²) in [6, 6.07) is 8.57. The van der Waals surface area contributed by atoms with E-state index in [1.807, 2.05) is 0 Å². The van der Waals surface area contributed by atoms with Crippen LogP contribution in [0.25, 0.3) is 0 Å². The molecule has 1 aliphatic carbocycles. The van der Waals surface area contributed by atoms with Crippen LogP contribution in [-0.4, -0.2) is 0 Å². The lowest BCUT2D eigenvalue weighted by Gasteiger charge is -2.10. The van der Waals surface area contributed by atoms with Crippen molar-refractivity contribution in [2.45, 2.75) is 25.3 Å². The fourth-order valence-electron chi connectivity index (χ4n) is 1.56. The van der Waals surface area contributed by atoms with Crippen LogP contribution in [0.5, 0.6) is 0 Å². The molecule has 0 radical (unpaired) electrons. The SMILES string of the molecule is N[C@H](CC1CC1)c1ccc(Br)cc1. The Morgan fingerprint density at radius 1 is 1.31 bits per heavy atom. The molecule has 70 valence electrons. The summed E-state index contributed by atoms with van der Waals surface area (Å²) in [4.78, 5) is 0. The van der Waals surface area contributed by atoms with Gasteiger partial charge in [-0.15, -0.1) is 0 Å². The minimum atomic E-state index is 0.237. The van der Waals surface area contributed by atoms with Crippen LogP contribution in [0.4, 0.5) is 0 Å². The van der Waals surface area contributed by atoms with Crippen LogP contribution < -0.4 is 5.73 Å². The molecule has 0 aliphatic heterocycles. The molecule has 2 rings (SSSR count). The van der Waals surface area contributed by atoms with Crippen LogP contribution in [-0.2, 0) is 0 Å². The second-order valence-electron chi connectivity index (χ2n) is 3.84. The predicted molar refractivity (Wildman–Crippen MR) is 58.4 cm³/mol. The minimum Gasteiger partial charge on any atom is -0.324 e. The van der Waals surface area contributed by atoms with E-state index in [1.54, 1.807) is 0 Å². The first kappa shape index (κ1) is 9.22. The van der Waals surface area contributed by atoms with E-state index in [4.69, 9.17) is 5.73 Å². The molecule has 0 saturated heterocycles. The fraction of sp³-hybridized carbons (Fsp3) is 0.455. The molecule has 13 heavy (non-hydrogen) atoms. The number of nitrogens with two attached hydrogens (primary N) is 1. The van der Waals surface area contributed by atoms with Crippen LogP contribution in [0.15, 0.2) is 28.7 Å².